The van der Waals surface area contributed by atoms with Crippen LogP contribution in [0.1, 0.15) is 361 Å². The van der Waals surface area contributed by atoms with E-state index >= 15 is 0 Å². The number of hydrogen-bond donors (Lipinski definition) is 0. The highest BCUT2D eigenvalue weighted by Crippen LogP contribution is 2.19. The molecule has 0 amide bonds. The summed E-state index contributed by atoms with van der Waals surface area (Å²) in [7, 11) is 5.94. The number of hydrogen-bond acceptors (Lipinski definition) is 8. The van der Waals surface area contributed by atoms with Crippen LogP contribution in [0.3, 0.4) is 0 Å². The molecule has 0 heterocycles. The van der Waals surface area contributed by atoms with Gasteiger partial charge in [0.15, 0.2) is 12.4 Å². The first-order valence-corrected chi connectivity index (χ1v) is 34.8. The van der Waals surface area contributed by atoms with Crippen LogP contribution >= 0.6 is 0 Å². The van der Waals surface area contributed by atoms with Gasteiger partial charge in [0.05, 0.1) is 40.3 Å². The fourth-order valence-electron chi connectivity index (χ4n) is 10.7. The highest BCUT2D eigenvalue weighted by molar-refractivity contribution is 5.70. The standard InChI is InChI=1S/C70H135NO8/c1-6-8-10-12-14-16-18-20-22-24-26-28-29-30-31-32-33-34-35-36-37-38-39-41-42-44-46-48-50-52-54-56-58-60-67(72)77-64-66(65-78-70(69(74)75)76-63-62-71(3,4)5)79-68(73)61-59-57-55-53-51-49-47-45-43-40-27-25-23-21-19-17-15-13-11-9-7-2/h25,27,66,70H,6-24,26,28-65H2,1-5H3/b27-25-. The summed E-state index contributed by atoms with van der Waals surface area (Å²) >= 11 is 0. The van der Waals surface area contributed by atoms with Gasteiger partial charge in [-0.3, -0.25) is 9.59 Å². The SMILES string of the molecule is CCCCCCCCCC/C=C\CCCCCCCCCCCC(=O)OC(COC(=O)CCCCCCCCCCCCCCCCCCCCCCCCCCCCCCCCCCC)COC(OCC[N+](C)(C)C)C(=O)[O-]. The van der Waals surface area contributed by atoms with E-state index in [0.29, 0.717) is 23.9 Å². The Morgan fingerprint density at radius 1 is 0.367 bits per heavy atom. The Kier molecular flexibility index (Phi) is 60.5. The third-order valence-electron chi connectivity index (χ3n) is 16.0. The summed E-state index contributed by atoms with van der Waals surface area (Å²) in [5, 5.41) is 11.8. The zero-order valence-electron chi connectivity index (χ0n) is 53.5. The number of ether oxygens (including phenoxy) is 4. The number of rotatable bonds is 66. The molecule has 0 spiro atoms. The number of allylic oxidation sites excluding steroid dienone is 2. The van der Waals surface area contributed by atoms with Crippen LogP contribution < -0.4 is 5.11 Å². The van der Waals surface area contributed by atoms with Gasteiger partial charge in [0.25, 0.3) is 0 Å². The van der Waals surface area contributed by atoms with Crippen LogP contribution in [0.25, 0.3) is 0 Å². The topological polar surface area (TPSA) is 111 Å². The Morgan fingerprint density at radius 3 is 0.937 bits per heavy atom. The van der Waals surface area contributed by atoms with E-state index in [1.54, 1.807) is 0 Å². The molecule has 0 fully saturated rings. The number of quaternary nitrogens is 1. The van der Waals surface area contributed by atoms with E-state index in [1.807, 2.05) is 21.1 Å². The van der Waals surface area contributed by atoms with Gasteiger partial charge in [-0.2, -0.15) is 0 Å². The second-order valence-corrected chi connectivity index (χ2v) is 25.2. The molecule has 0 aromatic heterocycles. The predicted molar refractivity (Wildman–Crippen MR) is 334 cm³/mol. The van der Waals surface area contributed by atoms with Crippen LogP contribution in [0.4, 0.5) is 0 Å². The minimum absolute atomic E-state index is 0.151. The number of carboxylic acid groups (broad SMARTS) is 1. The largest absolute Gasteiger partial charge is 0.545 e. The van der Waals surface area contributed by atoms with Crippen molar-refractivity contribution >= 4 is 17.9 Å². The number of unbranched alkanes of at least 4 members (excludes halogenated alkanes) is 49. The van der Waals surface area contributed by atoms with Gasteiger partial charge in [0.1, 0.15) is 13.2 Å². The average molecular weight is 1120 g/mol. The number of carboxylic acids is 1. The van der Waals surface area contributed by atoms with Gasteiger partial charge in [-0.1, -0.05) is 321 Å². The molecule has 0 N–H and O–H groups in total. The Morgan fingerprint density at radius 2 is 0.646 bits per heavy atom. The maximum absolute atomic E-state index is 12.9. The van der Waals surface area contributed by atoms with Gasteiger partial charge in [0.2, 0.25) is 0 Å². The molecule has 2 unspecified atom stereocenters. The Bertz CT molecular complexity index is 1300. The third kappa shape index (κ3) is 63.5. The molecule has 0 aromatic carbocycles. The van der Waals surface area contributed by atoms with Gasteiger partial charge < -0.3 is 33.3 Å². The van der Waals surface area contributed by atoms with Crippen LogP contribution in [-0.2, 0) is 33.3 Å². The Labute approximate surface area is 491 Å². The quantitative estimate of drug-likeness (QED) is 0.0195. The van der Waals surface area contributed by atoms with Crippen molar-refractivity contribution in [1.29, 1.82) is 0 Å². The maximum atomic E-state index is 12.9. The summed E-state index contributed by atoms with van der Waals surface area (Å²) in [6.45, 7) is 4.82. The van der Waals surface area contributed by atoms with Gasteiger partial charge in [0, 0.05) is 12.8 Å². The molecule has 0 aliphatic carbocycles. The monoisotopic (exact) mass is 1120 g/mol. The summed E-state index contributed by atoms with van der Waals surface area (Å²) < 4.78 is 22.8. The molecule has 0 aliphatic heterocycles. The molecule has 0 aromatic rings. The molecule has 0 radical (unpaired) electrons. The summed E-state index contributed by atoms with van der Waals surface area (Å²) in [4.78, 5) is 37.4. The molecular formula is C70H135NO8. The molecule has 0 bridgehead atoms. The first-order valence-electron chi connectivity index (χ1n) is 34.8. The third-order valence-corrected chi connectivity index (χ3v) is 16.0. The maximum Gasteiger partial charge on any atom is 0.306 e. The highest BCUT2D eigenvalue weighted by atomic mass is 16.7. The second kappa shape index (κ2) is 62.1. The normalized spacial score (nSPS) is 12.7. The van der Waals surface area contributed by atoms with Crippen LogP contribution in [0.15, 0.2) is 12.2 Å². The van der Waals surface area contributed by atoms with E-state index in [-0.39, 0.29) is 32.2 Å². The van der Waals surface area contributed by atoms with E-state index in [0.717, 1.165) is 32.1 Å². The molecular weight excluding hydrogens is 983 g/mol. The molecule has 0 saturated carbocycles. The van der Waals surface area contributed by atoms with Crippen LogP contribution in [0.2, 0.25) is 0 Å². The summed E-state index contributed by atoms with van der Waals surface area (Å²) in [6.07, 6.45) is 71.6. The minimum Gasteiger partial charge on any atom is -0.545 e. The van der Waals surface area contributed by atoms with Crippen molar-refractivity contribution in [2.24, 2.45) is 0 Å². The molecule has 0 saturated heterocycles. The van der Waals surface area contributed by atoms with Crippen LogP contribution in [0.5, 0.6) is 0 Å². The van der Waals surface area contributed by atoms with E-state index < -0.39 is 24.3 Å². The zero-order valence-corrected chi connectivity index (χ0v) is 53.5. The van der Waals surface area contributed by atoms with Gasteiger partial charge in [-0.05, 0) is 38.5 Å². The summed E-state index contributed by atoms with van der Waals surface area (Å²) in [5.41, 5.74) is 0. The second-order valence-electron chi connectivity index (χ2n) is 25.2. The minimum atomic E-state index is -1.62. The summed E-state index contributed by atoms with van der Waals surface area (Å²) in [6, 6.07) is 0. The van der Waals surface area contributed by atoms with Gasteiger partial charge >= 0.3 is 11.9 Å². The fraction of sp³-hybridized carbons (Fsp3) is 0.929. The molecule has 0 rings (SSSR count). The molecule has 9 nitrogen and oxygen atoms in total. The van der Waals surface area contributed by atoms with Gasteiger partial charge in [-0.25, -0.2) is 0 Å². The van der Waals surface area contributed by atoms with E-state index in [2.05, 4.69) is 26.0 Å². The van der Waals surface area contributed by atoms with E-state index in [9.17, 15) is 19.5 Å². The lowest BCUT2D eigenvalue weighted by atomic mass is 10.0. The van der Waals surface area contributed by atoms with Crippen molar-refractivity contribution in [3.63, 3.8) is 0 Å². The first kappa shape index (κ1) is 77.0. The lowest BCUT2D eigenvalue weighted by molar-refractivity contribution is -0.870. The lowest BCUT2D eigenvalue weighted by Gasteiger charge is -2.26. The Hall–Kier alpha value is -1.97. The van der Waals surface area contributed by atoms with Crippen molar-refractivity contribution in [1.82, 2.24) is 0 Å². The number of carbonyl (C=O) groups is 3. The molecule has 0 aliphatic rings. The number of aliphatic carboxylic acids is 1. The van der Waals surface area contributed by atoms with Crippen molar-refractivity contribution in [3.05, 3.63) is 12.2 Å². The Balaban J connectivity index is 4.01. The van der Waals surface area contributed by atoms with Crippen molar-refractivity contribution in [3.8, 4) is 0 Å². The number of esters is 2. The average Bonchev–Trinajstić information content (AvgIpc) is 3.42. The number of carbonyl (C=O) groups excluding carboxylic acids is 3. The summed E-state index contributed by atoms with van der Waals surface area (Å²) in [5.74, 6) is -2.26. The smallest absolute Gasteiger partial charge is 0.306 e. The molecule has 468 valence electrons. The molecule has 2 atom stereocenters. The highest BCUT2D eigenvalue weighted by Gasteiger charge is 2.22. The van der Waals surface area contributed by atoms with Gasteiger partial charge in [-0.15, -0.1) is 0 Å². The van der Waals surface area contributed by atoms with Crippen molar-refractivity contribution in [2.45, 2.75) is 373 Å². The van der Waals surface area contributed by atoms with Crippen molar-refractivity contribution in [2.75, 3.05) is 47.5 Å². The van der Waals surface area contributed by atoms with Crippen LogP contribution in [0, 0.1) is 0 Å². The van der Waals surface area contributed by atoms with Crippen LogP contribution in [-0.4, -0.2) is 82.3 Å². The zero-order chi connectivity index (χ0) is 57.6. The first-order chi connectivity index (χ1) is 38.6. The van der Waals surface area contributed by atoms with Crippen molar-refractivity contribution < 1.29 is 42.9 Å². The van der Waals surface area contributed by atoms with E-state index in [1.165, 1.54) is 295 Å². The predicted octanol–water partition coefficient (Wildman–Crippen LogP) is 19.9. The lowest BCUT2D eigenvalue weighted by Crippen LogP contribution is -2.44. The number of likely N-dealkylation sites (N-methyl/N-ethyl adjacent to an activating group) is 1. The molecule has 9 heteroatoms. The fourth-order valence-corrected chi connectivity index (χ4v) is 10.7. The molecule has 79 heavy (non-hydrogen) atoms. The number of nitrogens with zero attached hydrogens (tertiary/aromatic N) is 1. The van der Waals surface area contributed by atoms with E-state index in [4.69, 9.17) is 18.9 Å².